The minimum absolute atomic E-state index is 0.107. The molecule has 4 aromatic rings. The van der Waals surface area contributed by atoms with E-state index in [2.05, 4.69) is 10.3 Å². The molecule has 0 radical (unpaired) electrons. The number of anilines is 3. The number of halogens is 1. The van der Waals surface area contributed by atoms with Crippen LogP contribution in [0.5, 0.6) is 0 Å². The number of primary sulfonamides is 1. The number of ether oxygens (including phenoxy) is 1. The van der Waals surface area contributed by atoms with Gasteiger partial charge in [-0.25, -0.2) is 23.3 Å². The Morgan fingerprint density at radius 3 is 2.15 bits per heavy atom. The molecule has 0 fully saturated rings. The number of nitrogens with one attached hydrogen (secondary N) is 1. The van der Waals surface area contributed by atoms with Crippen LogP contribution in [0.3, 0.4) is 0 Å². The van der Waals surface area contributed by atoms with Crippen molar-refractivity contribution in [1.29, 1.82) is 0 Å². The molecule has 3 N–H and O–H groups in total. The van der Waals surface area contributed by atoms with E-state index >= 15 is 0 Å². The van der Waals surface area contributed by atoms with Crippen LogP contribution in [0.2, 0.25) is 5.02 Å². The molecule has 4 aromatic carbocycles. The summed E-state index contributed by atoms with van der Waals surface area (Å²) in [5.74, 6) is -1.35. The Morgan fingerprint density at radius 2 is 1.57 bits per heavy atom. The maximum Gasteiger partial charge on any atom is 0.338 e. The molecule has 1 aliphatic rings. The first kappa shape index (κ1) is 32.1. The van der Waals surface area contributed by atoms with Gasteiger partial charge in [-0.15, -0.1) is 0 Å². The van der Waals surface area contributed by atoms with Crippen LogP contribution < -0.4 is 20.3 Å². The molecule has 11 nitrogen and oxygen atoms in total. The molecule has 0 saturated heterocycles. The number of hydrogen-bond acceptors (Lipinski definition) is 8. The fourth-order valence-electron chi connectivity index (χ4n) is 4.46. The molecule has 5 rings (SSSR count). The molecule has 13 heteroatoms. The van der Waals surface area contributed by atoms with Crippen molar-refractivity contribution >= 4 is 68.4 Å². The van der Waals surface area contributed by atoms with Gasteiger partial charge in [0.15, 0.2) is 6.61 Å². The molecular weight excluding hydrogens is 630 g/mol. The summed E-state index contributed by atoms with van der Waals surface area (Å²) in [4.78, 5) is 46.6. The number of sulfonamides is 1. The third-order valence-corrected chi connectivity index (χ3v) is 8.02. The highest BCUT2D eigenvalue weighted by molar-refractivity contribution is 7.89. The Bertz CT molecular complexity index is 1960. The van der Waals surface area contributed by atoms with Crippen LogP contribution in [-0.4, -0.2) is 52.7 Å². The number of carbonyl (C=O) groups is 3. The highest BCUT2D eigenvalue weighted by atomic mass is 35.5. The number of esters is 1. The van der Waals surface area contributed by atoms with Crippen LogP contribution in [0.15, 0.2) is 113 Å². The Hall–Kier alpha value is -5.30. The second-order valence-electron chi connectivity index (χ2n) is 10.3. The number of amidine groups is 1. The molecule has 0 aromatic heterocycles. The molecule has 0 spiro atoms. The standard InChI is InChI=1S/C33H28ClN5O6S/c1-38(2)26-13-3-21(4-14-26)19-29-32(41)39(31(37-29)22-5-9-24(34)10-6-22)27-15-7-23(8-16-27)33(42)45-20-30(40)36-25-11-17-28(18-12-25)46(35,43)44/h3-19H,20H2,1-2H3,(H,36,40)(H2,35,43,44)/b29-19-. The minimum Gasteiger partial charge on any atom is -0.452 e. The predicted octanol–water partition coefficient (Wildman–Crippen LogP) is 4.68. The summed E-state index contributed by atoms with van der Waals surface area (Å²) < 4.78 is 27.9. The molecule has 0 atom stereocenters. The lowest BCUT2D eigenvalue weighted by atomic mass is 10.1. The molecule has 0 bridgehead atoms. The predicted molar refractivity (Wildman–Crippen MR) is 177 cm³/mol. The van der Waals surface area contributed by atoms with E-state index in [4.69, 9.17) is 21.5 Å². The smallest absolute Gasteiger partial charge is 0.338 e. The van der Waals surface area contributed by atoms with Gasteiger partial charge in [0.1, 0.15) is 11.5 Å². The molecule has 0 aliphatic carbocycles. The lowest BCUT2D eigenvalue weighted by Gasteiger charge is -2.19. The van der Waals surface area contributed by atoms with Gasteiger partial charge in [0.25, 0.3) is 11.8 Å². The molecule has 0 unspecified atom stereocenters. The van der Waals surface area contributed by atoms with Gasteiger partial charge in [0, 0.05) is 36.1 Å². The summed E-state index contributed by atoms with van der Waals surface area (Å²) in [7, 11) is 0.0182. The van der Waals surface area contributed by atoms with Gasteiger partial charge in [0.2, 0.25) is 10.0 Å². The summed E-state index contributed by atoms with van der Waals surface area (Å²) in [6, 6.07) is 26.0. The van der Waals surface area contributed by atoms with E-state index in [1.54, 1.807) is 42.5 Å². The molecule has 46 heavy (non-hydrogen) atoms. The van der Waals surface area contributed by atoms with Crippen molar-refractivity contribution in [3.8, 4) is 0 Å². The zero-order chi connectivity index (χ0) is 33.0. The van der Waals surface area contributed by atoms with Crippen LogP contribution in [0, 0.1) is 0 Å². The molecule has 2 amide bonds. The van der Waals surface area contributed by atoms with E-state index in [1.165, 1.54) is 41.3 Å². The van der Waals surface area contributed by atoms with Crippen molar-refractivity contribution in [2.24, 2.45) is 10.1 Å². The van der Waals surface area contributed by atoms with Gasteiger partial charge in [-0.1, -0.05) is 23.7 Å². The van der Waals surface area contributed by atoms with Crippen molar-refractivity contribution in [3.05, 3.63) is 124 Å². The monoisotopic (exact) mass is 657 g/mol. The number of carbonyl (C=O) groups excluding carboxylic acids is 3. The van der Waals surface area contributed by atoms with Crippen molar-refractivity contribution < 1.29 is 27.5 Å². The van der Waals surface area contributed by atoms with Gasteiger partial charge in [0.05, 0.1) is 16.1 Å². The number of benzene rings is 4. The number of amides is 2. The molecule has 1 heterocycles. The topological polar surface area (TPSA) is 151 Å². The SMILES string of the molecule is CN(C)c1ccc(/C=C2\N=C(c3ccc(Cl)cc3)N(c3ccc(C(=O)OCC(=O)Nc4ccc(S(N)(=O)=O)cc4)cc3)C2=O)cc1. The summed E-state index contributed by atoms with van der Waals surface area (Å²) in [5.41, 5.74) is 3.63. The molecule has 0 saturated carbocycles. The van der Waals surface area contributed by atoms with E-state index in [0.717, 1.165) is 11.3 Å². The van der Waals surface area contributed by atoms with Crippen molar-refractivity contribution in [3.63, 3.8) is 0 Å². The third-order valence-electron chi connectivity index (χ3n) is 6.84. The Morgan fingerprint density at radius 1 is 0.935 bits per heavy atom. The number of nitrogens with zero attached hydrogens (tertiary/aromatic N) is 3. The van der Waals surface area contributed by atoms with Gasteiger partial charge >= 0.3 is 5.97 Å². The average molecular weight is 658 g/mol. The lowest BCUT2D eigenvalue weighted by Crippen LogP contribution is -2.32. The lowest BCUT2D eigenvalue weighted by molar-refractivity contribution is -0.119. The quantitative estimate of drug-likeness (QED) is 0.196. The first-order valence-corrected chi connectivity index (χ1v) is 15.7. The van der Waals surface area contributed by atoms with E-state index in [0.29, 0.717) is 27.8 Å². The maximum atomic E-state index is 13.7. The van der Waals surface area contributed by atoms with E-state index < -0.39 is 28.5 Å². The van der Waals surface area contributed by atoms with Gasteiger partial charge in [-0.2, -0.15) is 0 Å². The Kier molecular flexibility index (Phi) is 9.33. The van der Waals surface area contributed by atoms with E-state index in [1.807, 2.05) is 43.3 Å². The Balaban J connectivity index is 1.30. The fraction of sp³-hybridized carbons (Fsp3) is 0.0909. The first-order chi connectivity index (χ1) is 21.9. The molecule has 1 aliphatic heterocycles. The first-order valence-electron chi connectivity index (χ1n) is 13.8. The van der Waals surface area contributed by atoms with Crippen LogP contribution in [0.25, 0.3) is 6.08 Å². The van der Waals surface area contributed by atoms with Crippen LogP contribution in [0.1, 0.15) is 21.5 Å². The largest absolute Gasteiger partial charge is 0.452 e. The maximum absolute atomic E-state index is 13.7. The number of aliphatic imine (C=N–C) groups is 1. The highest BCUT2D eigenvalue weighted by Crippen LogP contribution is 2.29. The van der Waals surface area contributed by atoms with E-state index in [9.17, 15) is 22.8 Å². The summed E-state index contributed by atoms with van der Waals surface area (Å²) in [6.45, 7) is -0.584. The molecular formula is C33H28ClN5O6S. The summed E-state index contributed by atoms with van der Waals surface area (Å²) >= 11 is 6.10. The Labute approximate surface area is 270 Å². The normalized spacial score (nSPS) is 13.8. The highest BCUT2D eigenvalue weighted by Gasteiger charge is 2.32. The fourth-order valence-corrected chi connectivity index (χ4v) is 5.10. The summed E-state index contributed by atoms with van der Waals surface area (Å²) in [5, 5.41) is 8.12. The number of rotatable bonds is 9. The molecule has 234 valence electrons. The van der Waals surface area contributed by atoms with Crippen LogP contribution in [0.4, 0.5) is 17.1 Å². The average Bonchev–Trinajstić information content (AvgIpc) is 3.35. The minimum atomic E-state index is -3.87. The second-order valence-corrected chi connectivity index (χ2v) is 12.3. The zero-order valence-electron chi connectivity index (χ0n) is 24.7. The van der Waals surface area contributed by atoms with Crippen molar-refractivity contribution in [1.82, 2.24) is 0 Å². The third kappa shape index (κ3) is 7.49. The van der Waals surface area contributed by atoms with Crippen LogP contribution >= 0.6 is 11.6 Å². The zero-order valence-corrected chi connectivity index (χ0v) is 26.2. The van der Waals surface area contributed by atoms with Gasteiger partial charge in [-0.05, 0) is 96.6 Å². The van der Waals surface area contributed by atoms with Crippen molar-refractivity contribution in [2.45, 2.75) is 4.90 Å². The van der Waals surface area contributed by atoms with Gasteiger partial charge in [-0.3, -0.25) is 14.5 Å². The second kappa shape index (κ2) is 13.4. The summed E-state index contributed by atoms with van der Waals surface area (Å²) in [6.07, 6.45) is 1.71. The number of hydrogen-bond donors (Lipinski definition) is 2. The van der Waals surface area contributed by atoms with E-state index in [-0.39, 0.29) is 22.1 Å². The van der Waals surface area contributed by atoms with Crippen molar-refractivity contribution in [2.75, 3.05) is 35.8 Å². The van der Waals surface area contributed by atoms with Gasteiger partial charge < -0.3 is 15.0 Å². The number of nitrogens with two attached hydrogens (primary N) is 1. The van der Waals surface area contributed by atoms with Crippen LogP contribution in [-0.2, 0) is 24.3 Å².